The van der Waals surface area contributed by atoms with Crippen molar-refractivity contribution in [1.82, 2.24) is 0 Å². The normalized spacial score (nSPS) is 34.5. The van der Waals surface area contributed by atoms with E-state index in [9.17, 15) is 0 Å². The molecule has 8 heteroatoms. The highest BCUT2D eigenvalue weighted by Gasteiger charge is 2.60. The van der Waals surface area contributed by atoms with Crippen molar-refractivity contribution in [3.8, 4) is 0 Å². The molecule has 3 saturated heterocycles. The van der Waals surface area contributed by atoms with Crippen molar-refractivity contribution in [1.29, 1.82) is 0 Å². The molecule has 8 nitrogen and oxygen atoms in total. The molecule has 3 fully saturated rings. The molecule has 0 aromatic carbocycles. The van der Waals surface area contributed by atoms with Crippen LogP contribution in [0.2, 0.25) is 0 Å². The van der Waals surface area contributed by atoms with E-state index >= 15 is 0 Å². The smallest absolute Gasteiger partial charge is 0.190 e. The minimum Gasteiger partial charge on any atom is -0.379 e. The summed E-state index contributed by atoms with van der Waals surface area (Å²) < 4.78 is 47.9. The molecule has 0 saturated carbocycles. The minimum atomic E-state index is -0.718. The summed E-state index contributed by atoms with van der Waals surface area (Å²) in [5.41, 5.74) is -0.469. The number of hydrogen-bond acceptors (Lipinski definition) is 8. The Hall–Kier alpha value is -0.320. The molecule has 3 heterocycles. The van der Waals surface area contributed by atoms with Gasteiger partial charge in [0.05, 0.1) is 24.4 Å². The molecule has 5 unspecified atom stereocenters. The van der Waals surface area contributed by atoms with Crippen LogP contribution in [0.5, 0.6) is 0 Å². The summed E-state index contributed by atoms with van der Waals surface area (Å²) in [6.45, 7) is 17.4. The molecule has 0 bridgehead atoms. The monoisotopic (exact) mass is 446 g/mol. The Bertz CT molecular complexity index is 602. The average Bonchev–Trinajstić information content (AvgIpc) is 3.12. The fraction of sp³-hybridized carbons (Fsp3) is 1.00. The van der Waals surface area contributed by atoms with Gasteiger partial charge in [0.1, 0.15) is 24.4 Å². The molecule has 182 valence electrons. The third-order valence-electron chi connectivity index (χ3n) is 6.13. The summed E-state index contributed by atoms with van der Waals surface area (Å²) in [4.78, 5) is 0. The highest BCUT2D eigenvalue weighted by molar-refractivity contribution is 5.00. The van der Waals surface area contributed by atoms with Crippen LogP contribution in [-0.2, 0) is 37.9 Å². The van der Waals surface area contributed by atoms with Gasteiger partial charge in [0.25, 0.3) is 0 Å². The van der Waals surface area contributed by atoms with Crippen LogP contribution in [-0.4, -0.2) is 80.4 Å². The van der Waals surface area contributed by atoms with Crippen LogP contribution in [0.4, 0.5) is 0 Å². The molecular weight excluding hydrogens is 404 g/mol. The van der Waals surface area contributed by atoms with E-state index in [0.29, 0.717) is 19.8 Å². The van der Waals surface area contributed by atoms with Crippen molar-refractivity contribution in [2.75, 3.05) is 26.9 Å². The van der Waals surface area contributed by atoms with Gasteiger partial charge in [0, 0.05) is 13.7 Å². The van der Waals surface area contributed by atoms with Gasteiger partial charge in [-0.15, -0.1) is 0 Å². The second kappa shape index (κ2) is 9.14. The highest BCUT2D eigenvalue weighted by atomic mass is 16.9. The second-order valence-corrected chi connectivity index (χ2v) is 10.9. The topological polar surface area (TPSA) is 73.8 Å². The molecule has 0 spiro atoms. The van der Waals surface area contributed by atoms with Crippen LogP contribution in [0.3, 0.4) is 0 Å². The van der Waals surface area contributed by atoms with E-state index in [1.54, 1.807) is 7.11 Å². The van der Waals surface area contributed by atoms with E-state index in [-0.39, 0.29) is 35.6 Å². The Morgan fingerprint density at radius 2 is 1.32 bits per heavy atom. The van der Waals surface area contributed by atoms with Crippen LogP contribution in [0.25, 0.3) is 0 Å². The fourth-order valence-electron chi connectivity index (χ4n) is 4.09. The molecular formula is C23H42O8. The van der Waals surface area contributed by atoms with E-state index in [1.807, 2.05) is 27.7 Å². The van der Waals surface area contributed by atoms with Gasteiger partial charge in [-0.05, 0) is 68.2 Å². The standard InChI is InChI=1S/C23H42O8/c1-20(2,24-9)11-13-26-21(3,4)10-12-25-14-15-16-17(29-22(5,6)28-16)18-19(27-15)31-23(7,8)30-18/h15-19H,10-14H2,1-9H3. The van der Waals surface area contributed by atoms with Gasteiger partial charge in [-0.2, -0.15) is 0 Å². The van der Waals surface area contributed by atoms with Crippen molar-refractivity contribution >= 4 is 0 Å². The quantitative estimate of drug-likeness (QED) is 0.473. The average molecular weight is 447 g/mol. The van der Waals surface area contributed by atoms with Crippen molar-refractivity contribution in [3.63, 3.8) is 0 Å². The summed E-state index contributed by atoms with van der Waals surface area (Å²) in [5, 5.41) is 0. The summed E-state index contributed by atoms with van der Waals surface area (Å²) in [6.07, 6.45) is -0.0312. The van der Waals surface area contributed by atoms with E-state index in [2.05, 4.69) is 27.7 Å². The third-order valence-corrected chi connectivity index (χ3v) is 6.13. The van der Waals surface area contributed by atoms with Crippen LogP contribution in [0.1, 0.15) is 68.2 Å². The Morgan fingerprint density at radius 1 is 0.742 bits per heavy atom. The molecule has 5 atom stereocenters. The zero-order valence-electron chi connectivity index (χ0n) is 20.7. The second-order valence-electron chi connectivity index (χ2n) is 10.9. The zero-order valence-corrected chi connectivity index (χ0v) is 20.7. The molecule has 0 radical (unpaired) electrons. The first-order valence-electron chi connectivity index (χ1n) is 11.4. The van der Waals surface area contributed by atoms with Gasteiger partial charge in [-0.25, -0.2) is 0 Å². The predicted octanol–water partition coefficient (Wildman–Crippen LogP) is 3.40. The van der Waals surface area contributed by atoms with Gasteiger partial charge in [-0.3, -0.25) is 0 Å². The fourth-order valence-corrected chi connectivity index (χ4v) is 4.09. The molecule has 3 rings (SSSR count). The van der Waals surface area contributed by atoms with Crippen molar-refractivity contribution in [3.05, 3.63) is 0 Å². The van der Waals surface area contributed by atoms with Crippen LogP contribution in [0.15, 0.2) is 0 Å². The number of fused-ring (bicyclic) bond motifs is 3. The molecule has 31 heavy (non-hydrogen) atoms. The molecule has 0 aliphatic carbocycles. The lowest BCUT2D eigenvalue weighted by molar-refractivity contribution is -0.243. The molecule has 3 aliphatic heterocycles. The van der Waals surface area contributed by atoms with E-state index < -0.39 is 17.9 Å². The predicted molar refractivity (Wildman–Crippen MR) is 114 cm³/mol. The summed E-state index contributed by atoms with van der Waals surface area (Å²) in [7, 11) is 1.73. The number of hydrogen-bond donors (Lipinski definition) is 0. The molecule has 0 aromatic heterocycles. The van der Waals surface area contributed by atoms with Gasteiger partial charge in [0.2, 0.25) is 0 Å². The molecule has 3 aliphatic rings. The minimum absolute atomic E-state index is 0.184. The molecule has 0 N–H and O–H groups in total. The Balaban J connectivity index is 1.47. The van der Waals surface area contributed by atoms with Crippen molar-refractivity contribution in [2.24, 2.45) is 0 Å². The first-order valence-corrected chi connectivity index (χ1v) is 11.4. The van der Waals surface area contributed by atoms with Gasteiger partial charge in [0.15, 0.2) is 17.9 Å². The zero-order chi connectivity index (χ0) is 23.1. The number of methoxy groups -OCH3 is 1. The lowest BCUT2D eigenvalue weighted by Gasteiger charge is -2.37. The SMILES string of the molecule is COC(C)(C)CCOC(C)(C)CCOCC1OC2OC(C)(C)OC2C2OC(C)(C)OC12. The largest absolute Gasteiger partial charge is 0.379 e. The van der Waals surface area contributed by atoms with E-state index in [4.69, 9.17) is 37.9 Å². The van der Waals surface area contributed by atoms with Crippen molar-refractivity contribution in [2.45, 2.75) is 122 Å². The van der Waals surface area contributed by atoms with Crippen LogP contribution >= 0.6 is 0 Å². The Kier molecular flexibility index (Phi) is 7.46. The van der Waals surface area contributed by atoms with E-state index in [0.717, 1.165) is 12.8 Å². The van der Waals surface area contributed by atoms with Crippen molar-refractivity contribution < 1.29 is 37.9 Å². The lowest BCUT2D eigenvalue weighted by atomic mass is 9.99. The summed E-state index contributed by atoms with van der Waals surface area (Å²) >= 11 is 0. The Morgan fingerprint density at radius 3 is 2.00 bits per heavy atom. The summed E-state index contributed by atoms with van der Waals surface area (Å²) in [6, 6.07) is 0. The summed E-state index contributed by atoms with van der Waals surface area (Å²) in [5.74, 6) is -1.42. The van der Waals surface area contributed by atoms with E-state index in [1.165, 1.54) is 0 Å². The van der Waals surface area contributed by atoms with Gasteiger partial charge < -0.3 is 37.9 Å². The number of rotatable bonds is 10. The van der Waals surface area contributed by atoms with Crippen LogP contribution in [0, 0.1) is 0 Å². The first kappa shape index (κ1) is 25.3. The van der Waals surface area contributed by atoms with Gasteiger partial charge >= 0.3 is 0 Å². The highest BCUT2D eigenvalue weighted by Crippen LogP contribution is 2.44. The molecule has 0 aromatic rings. The first-order chi connectivity index (χ1) is 14.2. The number of ether oxygens (including phenoxy) is 8. The Labute approximate surface area is 187 Å². The maximum Gasteiger partial charge on any atom is 0.190 e. The lowest BCUT2D eigenvalue weighted by Crippen LogP contribution is -2.56. The third kappa shape index (κ3) is 6.60. The molecule has 0 amide bonds. The van der Waals surface area contributed by atoms with Gasteiger partial charge in [-0.1, -0.05) is 0 Å². The maximum atomic E-state index is 6.18. The maximum absolute atomic E-state index is 6.18. The van der Waals surface area contributed by atoms with Crippen LogP contribution < -0.4 is 0 Å².